The lowest BCUT2D eigenvalue weighted by atomic mass is 9.88. The van der Waals surface area contributed by atoms with E-state index >= 15 is 0 Å². The van der Waals surface area contributed by atoms with Gasteiger partial charge in [-0.25, -0.2) is 0 Å². The number of anilines is 2. The molecule has 1 aliphatic heterocycles. The molecule has 1 aromatic rings. The summed E-state index contributed by atoms with van der Waals surface area (Å²) in [6, 6.07) is 7.35. The molecule has 1 aromatic carbocycles. The number of benzene rings is 1. The highest BCUT2D eigenvalue weighted by atomic mass is 16.5. The van der Waals surface area contributed by atoms with Gasteiger partial charge in [-0.15, -0.1) is 0 Å². The second-order valence-corrected chi connectivity index (χ2v) is 6.45. The average molecular weight is 316 g/mol. The quantitative estimate of drug-likeness (QED) is 0.896. The fourth-order valence-corrected chi connectivity index (χ4v) is 3.27. The van der Waals surface area contributed by atoms with Crippen molar-refractivity contribution in [2.24, 2.45) is 11.8 Å². The van der Waals surface area contributed by atoms with Gasteiger partial charge < -0.3 is 15.4 Å². The van der Waals surface area contributed by atoms with E-state index < -0.39 is 0 Å². The van der Waals surface area contributed by atoms with Crippen molar-refractivity contribution in [1.29, 1.82) is 0 Å². The van der Waals surface area contributed by atoms with Gasteiger partial charge in [0.1, 0.15) is 0 Å². The predicted octanol–water partition coefficient (Wildman–Crippen LogP) is 3.18. The molecular weight excluding hydrogens is 292 g/mol. The Labute approximate surface area is 136 Å². The number of rotatable bonds is 4. The van der Waals surface area contributed by atoms with Crippen molar-refractivity contribution >= 4 is 23.2 Å². The van der Waals surface area contributed by atoms with Gasteiger partial charge in [0.25, 0.3) is 0 Å². The summed E-state index contributed by atoms with van der Waals surface area (Å²) in [5, 5.41) is 5.89. The first kappa shape index (κ1) is 16.0. The lowest BCUT2D eigenvalue weighted by Gasteiger charge is -2.21. The molecule has 0 spiro atoms. The Morgan fingerprint density at radius 1 is 0.913 bits per heavy atom. The molecule has 23 heavy (non-hydrogen) atoms. The van der Waals surface area contributed by atoms with Crippen LogP contribution in [-0.2, 0) is 14.3 Å². The number of carbonyl (C=O) groups excluding carboxylic acids is 2. The van der Waals surface area contributed by atoms with E-state index in [-0.39, 0.29) is 23.7 Å². The Morgan fingerprint density at radius 2 is 1.57 bits per heavy atom. The predicted molar refractivity (Wildman–Crippen MR) is 89.2 cm³/mol. The molecule has 0 unspecified atom stereocenters. The van der Waals surface area contributed by atoms with E-state index in [0.717, 1.165) is 37.8 Å². The normalized spacial score (nSPS) is 21.8. The first-order valence-electron chi connectivity index (χ1n) is 8.52. The molecule has 2 aliphatic rings. The van der Waals surface area contributed by atoms with Crippen molar-refractivity contribution in [3.05, 3.63) is 24.3 Å². The van der Waals surface area contributed by atoms with Crippen LogP contribution in [0.4, 0.5) is 11.4 Å². The molecule has 2 amide bonds. The number of carbonyl (C=O) groups is 2. The largest absolute Gasteiger partial charge is 0.381 e. The summed E-state index contributed by atoms with van der Waals surface area (Å²) < 4.78 is 5.24. The third-order valence-corrected chi connectivity index (χ3v) is 4.67. The third kappa shape index (κ3) is 4.32. The van der Waals surface area contributed by atoms with Crippen molar-refractivity contribution in [3.63, 3.8) is 0 Å². The molecule has 1 heterocycles. The molecule has 0 radical (unpaired) electrons. The summed E-state index contributed by atoms with van der Waals surface area (Å²) >= 11 is 0. The molecule has 5 nitrogen and oxygen atoms in total. The van der Waals surface area contributed by atoms with E-state index in [0.29, 0.717) is 18.9 Å². The molecule has 0 aromatic heterocycles. The number of hydrogen-bond acceptors (Lipinski definition) is 3. The SMILES string of the molecule is O=C(Nc1cccc(NC(=O)[C@@H]2CCOC2)c1)C1CCCCC1. The van der Waals surface area contributed by atoms with E-state index in [1.165, 1.54) is 6.42 Å². The highest BCUT2D eigenvalue weighted by Crippen LogP contribution is 2.25. The van der Waals surface area contributed by atoms with E-state index in [4.69, 9.17) is 4.74 Å². The van der Waals surface area contributed by atoms with Crippen LogP contribution in [0.1, 0.15) is 38.5 Å². The first-order chi connectivity index (χ1) is 11.2. The van der Waals surface area contributed by atoms with E-state index in [2.05, 4.69) is 10.6 Å². The summed E-state index contributed by atoms with van der Waals surface area (Å²) in [4.78, 5) is 24.4. The minimum absolute atomic E-state index is 0.0155. The Balaban J connectivity index is 1.58. The van der Waals surface area contributed by atoms with E-state index in [1.807, 2.05) is 24.3 Å². The highest BCUT2D eigenvalue weighted by Gasteiger charge is 2.24. The Hall–Kier alpha value is -1.88. The smallest absolute Gasteiger partial charge is 0.229 e. The van der Waals surface area contributed by atoms with Crippen molar-refractivity contribution in [2.45, 2.75) is 38.5 Å². The van der Waals surface area contributed by atoms with Crippen LogP contribution < -0.4 is 10.6 Å². The topological polar surface area (TPSA) is 67.4 Å². The fraction of sp³-hybridized carbons (Fsp3) is 0.556. The van der Waals surface area contributed by atoms with Crippen LogP contribution in [0.2, 0.25) is 0 Å². The summed E-state index contributed by atoms with van der Waals surface area (Å²) in [6.45, 7) is 1.14. The van der Waals surface area contributed by atoms with Gasteiger partial charge >= 0.3 is 0 Å². The minimum Gasteiger partial charge on any atom is -0.381 e. The van der Waals surface area contributed by atoms with Crippen LogP contribution >= 0.6 is 0 Å². The summed E-state index contributed by atoms with van der Waals surface area (Å²) in [5.41, 5.74) is 1.45. The Bertz CT molecular complexity index is 561. The molecule has 124 valence electrons. The molecule has 1 saturated carbocycles. The van der Waals surface area contributed by atoms with Gasteiger partial charge in [-0.1, -0.05) is 25.3 Å². The number of nitrogens with one attached hydrogen (secondary N) is 2. The van der Waals surface area contributed by atoms with Crippen molar-refractivity contribution in [1.82, 2.24) is 0 Å². The van der Waals surface area contributed by atoms with Crippen LogP contribution in [0.5, 0.6) is 0 Å². The number of hydrogen-bond donors (Lipinski definition) is 2. The van der Waals surface area contributed by atoms with Crippen molar-refractivity contribution in [2.75, 3.05) is 23.8 Å². The molecule has 1 aliphatic carbocycles. The lowest BCUT2D eigenvalue weighted by Crippen LogP contribution is -2.25. The lowest BCUT2D eigenvalue weighted by molar-refractivity contribution is -0.121. The molecule has 0 bridgehead atoms. The van der Waals surface area contributed by atoms with Crippen LogP contribution in [0.25, 0.3) is 0 Å². The van der Waals surface area contributed by atoms with Gasteiger partial charge in [0.15, 0.2) is 0 Å². The highest BCUT2D eigenvalue weighted by molar-refractivity contribution is 5.95. The van der Waals surface area contributed by atoms with E-state index in [9.17, 15) is 9.59 Å². The second kappa shape index (κ2) is 7.59. The van der Waals surface area contributed by atoms with Crippen LogP contribution in [0, 0.1) is 11.8 Å². The third-order valence-electron chi connectivity index (χ3n) is 4.67. The molecule has 3 rings (SSSR count). The number of ether oxygens (including phenoxy) is 1. The van der Waals surface area contributed by atoms with Crippen molar-refractivity contribution in [3.8, 4) is 0 Å². The average Bonchev–Trinajstić information content (AvgIpc) is 3.10. The molecule has 5 heteroatoms. The summed E-state index contributed by atoms with van der Waals surface area (Å²) in [6.07, 6.45) is 6.23. The summed E-state index contributed by atoms with van der Waals surface area (Å²) in [5.74, 6) is 0.128. The summed E-state index contributed by atoms with van der Waals surface area (Å²) in [7, 11) is 0. The maximum Gasteiger partial charge on any atom is 0.229 e. The van der Waals surface area contributed by atoms with Gasteiger partial charge in [0, 0.05) is 23.9 Å². The fourth-order valence-electron chi connectivity index (χ4n) is 3.27. The zero-order chi connectivity index (χ0) is 16.1. The first-order valence-corrected chi connectivity index (χ1v) is 8.52. The van der Waals surface area contributed by atoms with Crippen LogP contribution in [0.3, 0.4) is 0 Å². The van der Waals surface area contributed by atoms with Gasteiger partial charge in [-0.2, -0.15) is 0 Å². The maximum absolute atomic E-state index is 12.3. The zero-order valence-corrected chi connectivity index (χ0v) is 13.3. The van der Waals surface area contributed by atoms with Crippen LogP contribution in [0.15, 0.2) is 24.3 Å². The molecule has 1 saturated heterocycles. The van der Waals surface area contributed by atoms with Gasteiger partial charge in [0.2, 0.25) is 11.8 Å². The van der Waals surface area contributed by atoms with Crippen LogP contribution in [-0.4, -0.2) is 25.0 Å². The monoisotopic (exact) mass is 316 g/mol. The Morgan fingerprint density at radius 3 is 2.17 bits per heavy atom. The number of amides is 2. The Kier molecular flexibility index (Phi) is 5.28. The standard InChI is InChI=1S/C18H24N2O3/c21-17(13-5-2-1-3-6-13)19-15-7-4-8-16(11-15)20-18(22)14-9-10-23-12-14/h4,7-8,11,13-14H,1-3,5-6,9-10,12H2,(H,19,21)(H,20,22)/t14-/m1/s1. The molecule has 1 atom stereocenters. The second-order valence-electron chi connectivity index (χ2n) is 6.45. The van der Waals surface area contributed by atoms with Gasteiger partial charge in [-0.05, 0) is 37.5 Å². The van der Waals surface area contributed by atoms with E-state index in [1.54, 1.807) is 0 Å². The maximum atomic E-state index is 12.3. The molecule has 2 N–H and O–H groups in total. The zero-order valence-electron chi connectivity index (χ0n) is 13.3. The van der Waals surface area contributed by atoms with Crippen molar-refractivity contribution < 1.29 is 14.3 Å². The van der Waals surface area contributed by atoms with Gasteiger partial charge in [0.05, 0.1) is 12.5 Å². The molecular formula is C18H24N2O3. The minimum atomic E-state index is -0.0736. The van der Waals surface area contributed by atoms with Gasteiger partial charge in [-0.3, -0.25) is 9.59 Å². The molecule has 2 fully saturated rings.